The Kier molecular flexibility index (Phi) is 5.97. The molecule has 0 aliphatic rings. The molecule has 0 saturated carbocycles. The van der Waals surface area contributed by atoms with E-state index in [4.69, 9.17) is 0 Å². The molecule has 0 heterocycles. The van der Waals surface area contributed by atoms with E-state index < -0.39 is 28.9 Å². The number of halogens is 6. The molecular weight excluding hydrogens is 370 g/mol. The van der Waals surface area contributed by atoms with E-state index in [1.165, 1.54) is 24.3 Å². The predicted octanol–water partition coefficient (Wildman–Crippen LogP) is 5.96. The molecule has 2 rings (SSSR count). The first kappa shape index (κ1) is 20.9. The minimum atomic E-state index is -5.58. The van der Waals surface area contributed by atoms with Crippen molar-refractivity contribution in [3.05, 3.63) is 59.7 Å². The minimum absolute atomic E-state index is 0.446. The van der Waals surface area contributed by atoms with Crippen LogP contribution in [0.2, 0.25) is 0 Å². The molecule has 0 fully saturated rings. The van der Waals surface area contributed by atoms with Crippen molar-refractivity contribution >= 4 is 11.4 Å². The van der Waals surface area contributed by atoms with Crippen molar-refractivity contribution < 1.29 is 26.3 Å². The highest BCUT2D eigenvalue weighted by atomic mass is 19.4. The van der Waals surface area contributed by atoms with Gasteiger partial charge in [0.15, 0.2) is 0 Å². The smallest absolute Gasteiger partial charge is 0.385 e. The Hall–Kier alpha value is -2.38. The molecular formula is C19H20F6N2. The van der Waals surface area contributed by atoms with Crippen LogP contribution in [-0.4, -0.2) is 25.4 Å². The molecule has 0 amide bonds. The average molecular weight is 390 g/mol. The predicted molar refractivity (Wildman–Crippen MR) is 94.1 cm³/mol. The second-order valence-corrected chi connectivity index (χ2v) is 5.96. The summed E-state index contributed by atoms with van der Waals surface area (Å²) in [6.07, 6.45) is -11.2. The lowest BCUT2D eigenvalue weighted by Crippen LogP contribution is -2.54. The highest BCUT2D eigenvalue weighted by molar-refractivity contribution is 5.53. The molecule has 0 spiro atoms. The maximum absolute atomic E-state index is 14.0. The summed E-state index contributed by atoms with van der Waals surface area (Å²) < 4.78 is 83.9. The van der Waals surface area contributed by atoms with Gasteiger partial charge >= 0.3 is 12.4 Å². The van der Waals surface area contributed by atoms with E-state index in [0.29, 0.717) is 24.5 Å². The molecule has 0 aromatic heterocycles. The van der Waals surface area contributed by atoms with Crippen molar-refractivity contribution in [2.75, 3.05) is 23.7 Å². The van der Waals surface area contributed by atoms with Gasteiger partial charge in [-0.3, -0.25) is 0 Å². The van der Waals surface area contributed by atoms with E-state index in [2.05, 4.69) is 10.6 Å². The van der Waals surface area contributed by atoms with Crippen molar-refractivity contribution in [2.45, 2.75) is 31.6 Å². The highest BCUT2D eigenvalue weighted by Gasteiger charge is 2.72. The Morgan fingerprint density at radius 1 is 0.593 bits per heavy atom. The number of hydrogen-bond acceptors (Lipinski definition) is 2. The second-order valence-electron chi connectivity index (χ2n) is 5.96. The number of hydrogen-bond donors (Lipinski definition) is 2. The number of nitrogens with one attached hydrogen (secondary N) is 2. The lowest BCUT2D eigenvalue weighted by molar-refractivity contribution is -0.288. The molecule has 2 nitrogen and oxygen atoms in total. The fraction of sp³-hybridized carbons (Fsp3) is 0.368. The van der Waals surface area contributed by atoms with Crippen molar-refractivity contribution in [2.24, 2.45) is 0 Å². The lowest BCUT2D eigenvalue weighted by Gasteiger charge is -2.38. The third-order valence-corrected chi connectivity index (χ3v) is 4.25. The third-order valence-electron chi connectivity index (χ3n) is 4.25. The van der Waals surface area contributed by atoms with Gasteiger partial charge in [0.2, 0.25) is 5.41 Å². The van der Waals surface area contributed by atoms with E-state index in [0.717, 1.165) is 24.3 Å². The van der Waals surface area contributed by atoms with Crippen LogP contribution in [0.5, 0.6) is 0 Å². The first-order chi connectivity index (χ1) is 12.6. The Balaban J connectivity index is 2.71. The molecule has 0 atom stereocenters. The van der Waals surface area contributed by atoms with Crippen molar-refractivity contribution in [3.8, 4) is 0 Å². The van der Waals surface area contributed by atoms with Crippen LogP contribution in [0.15, 0.2) is 48.5 Å². The molecule has 2 aromatic rings. The van der Waals surface area contributed by atoms with Gasteiger partial charge in [0.25, 0.3) is 0 Å². The zero-order valence-corrected chi connectivity index (χ0v) is 14.8. The maximum Gasteiger partial charge on any atom is 0.411 e. The summed E-state index contributed by atoms with van der Waals surface area (Å²) in [4.78, 5) is 0. The van der Waals surface area contributed by atoms with E-state index in [1.54, 1.807) is 13.8 Å². The van der Waals surface area contributed by atoms with Gasteiger partial charge < -0.3 is 10.6 Å². The van der Waals surface area contributed by atoms with E-state index >= 15 is 0 Å². The summed E-state index contributed by atoms with van der Waals surface area (Å²) in [6, 6.07) is 8.37. The fourth-order valence-corrected chi connectivity index (χ4v) is 3.07. The van der Waals surface area contributed by atoms with Gasteiger partial charge in [-0.2, -0.15) is 26.3 Å². The maximum atomic E-state index is 14.0. The summed E-state index contributed by atoms with van der Waals surface area (Å²) in [7, 11) is 0. The SMILES string of the molecule is CCNc1ccc(C(c2ccc(NCC)cc2)(C(F)(F)F)C(F)(F)F)cc1. The summed E-state index contributed by atoms with van der Waals surface area (Å²) in [5, 5.41) is 5.71. The average Bonchev–Trinajstić information content (AvgIpc) is 2.56. The van der Waals surface area contributed by atoms with Gasteiger partial charge in [0.05, 0.1) is 0 Å². The van der Waals surface area contributed by atoms with E-state index in [1.807, 2.05) is 0 Å². The third kappa shape index (κ3) is 3.84. The van der Waals surface area contributed by atoms with Gasteiger partial charge in [0, 0.05) is 24.5 Å². The Labute approximate surface area is 153 Å². The van der Waals surface area contributed by atoms with Crippen LogP contribution in [0.25, 0.3) is 0 Å². The zero-order chi connectivity index (χ0) is 20.3. The van der Waals surface area contributed by atoms with Crippen molar-refractivity contribution in [1.82, 2.24) is 0 Å². The minimum Gasteiger partial charge on any atom is -0.385 e. The van der Waals surface area contributed by atoms with E-state index in [9.17, 15) is 26.3 Å². The molecule has 8 heteroatoms. The lowest BCUT2D eigenvalue weighted by atomic mass is 9.73. The molecule has 0 aliphatic heterocycles. The number of alkyl halides is 6. The van der Waals surface area contributed by atoms with Crippen molar-refractivity contribution in [3.63, 3.8) is 0 Å². The molecule has 27 heavy (non-hydrogen) atoms. The van der Waals surface area contributed by atoms with Crippen LogP contribution in [0.3, 0.4) is 0 Å². The summed E-state index contributed by atoms with van der Waals surface area (Å²) in [5.74, 6) is 0. The van der Waals surface area contributed by atoms with Gasteiger partial charge in [0.1, 0.15) is 0 Å². The topological polar surface area (TPSA) is 24.1 Å². The molecule has 2 aromatic carbocycles. The molecule has 148 valence electrons. The Morgan fingerprint density at radius 2 is 0.889 bits per heavy atom. The molecule has 2 N–H and O–H groups in total. The van der Waals surface area contributed by atoms with E-state index in [-0.39, 0.29) is 0 Å². The van der Waals surface area contributed by atoms with Crippen LogP contribution in [0, 0.1) is 0 Å². The molecule has 0 aliphatic carbocycles. The molecule has 0 bridgehead atoms. The van der Waals surface area contributed by atoms with Crippen LogP contribution >= 0.6 is 0 Å². The van der Waals surface area contributed by atoms with Crippen LogP contribution < -0.4 is 10.6 Å². The number of anilines is 2. The highest BCUT2D eigenvalue weighted by Crippen LogP contribution is 2.56. The standard InChI is InChI=1S/C19H20F6N2/c1-3-26-15-9-5-13(6-10-15)17(18(20,21)22,19(23,24)25)14-7-11-16(12-8-14)27-4-2/h5-12,26-27H,3-4H2,1-2H3. The quantitative estimate of drug-likeness (QED) is 0.595. The Morgan fingerprint density at radius 3 is 1.11 bits per heavy atom. The van der Waals surface area contributed by atoms with Gasteiger partial charge in [-0.15, -0.1) is 0 Å². The molecule has 0 saturated heterocycles. The van der Waals surface area contributed by atoms with Crippen LogP contribution in [0.1, 0.15) is 25.0 Å². The normalized spacial score (nSPS) is 12.7. The Bertz CT molecular complexity index is 667. The summed E-state index contributed by atoms with van der Waals surface area (Å²) in [5.41, 5.74) is -4.97. The summed E-state index contributed by atoms with van der Waals surface area (Å²) in [6.45, 7) is 4.54. The van der Waals surface area contributed by atoms with Gasteiger partial charge in [-0.25, -0.2) is 0 Å². The van der Waals surface area contributed by atoms with Gasteiger partial charge in [-0.1, -0.05) is 24.3 Å². The van der Waals surface area contributed by atoms with Crippen molar-refractivity contribution in [1.29, 1.82) is 0 Å². The summed E-state index contributed by atoms with van der Waals surface area (Å²) >= 11 is 0. The molecule has 0 radical (unpaired) electrons. The van der Waals surface area contributed by atoms with Crippen LogP contribution in [0.4, 0.5) is 37.7 Å². The van der Waals surface area contributed by atoms with Crippen LogP contribution in [-0.2, 0) is 5.41 Å². The monoisotopic (exact) mass is 390 g/mol. The number of rotatable bonds is 6. The fourth-order valence-electron chi connectivity index (χ4n) is 3.07. The van der Waals surface area contributed by atoms with Gasteiger partial charge in [-0.05, 0) is 49.2 Å². The second kappa shape index (κ2) is 7.70. The first-order valence-electron chi connectivity index (χ1n) is 8.40. The first-order valence-corrected chi connectivity index (χ1v) is 8.40. The zero-order valence-electron chi connectivity index (χ0n) is 14.8. The number of benzene rings is 2. The molecule has 0 unspecified atom stereocenters. The largest absolute Gasteiger partial charge is 0.411 e.